The van der Waals surface area contributed by atoms with Gasteiger partial charge in [0.1, 0.15) is 5.60 Å². The van der Waals surface area contributed by atoms with Crippen LogP contribution in [0.25, 0.3) is 0 Å². The summed E-state index contributed by atoms with van der Waals surface area (Å²) in [7, 11) is 0. The highest BCUT2D eigenvalue weighted by Crippen LogP contribution is 2.47. The number of ether oxygens (including phenoxy) is 1. The second-order valence-corrected chi connectivity index (χ2v) is 8.40. The van der Waals surface area contributed by atoms with E-state index < -0.39 is 5.60 Å². The third-order valence-electron chi connectivity index (χ3n) is 5.04. The van der Waals surface area contributed by atoms with Crippen LogP contribution in [0.3, 0.4) is 0 Å². The zero-order valence-electron chi connectivity index (χ0n) is 14.7. The van der Waals surface area contributed by atoms with E-state index in [1.165, 1.54) is 0 Å². The van der Waals surface area contributed by atoms with Crippen molar-refractivity contribution in [2.45, 2.75) is 58.0 Å². The third-order valence-corrected chi connectivity index (χ3v) is 5.45. The molecule has 1 saturated heterocycles. The summed E-state index contributed by atoms with van der Waals surface area (Å²) >= 11 is 6.19. The van der Waals surface area contributed by atoms with Crippen molar-refractivity contribution in [2.75, 3.05) is 13.1 Å². The summed E-state index contributed by atoms with van der Waals surface area (Å²) in [5.74, 6) is 0.164. The number of hydrogen-bond donors (Lipinski definition) is 0. The fourth-order valence-electron chi connectivity index (χ4n) is 3.74. The summed E-state index contributed by atoms with van der Waals surface area (Å²) < 4.78 is 5.46. The van der Waals surface area contributed by atoms with Gasteiger partial charge in [0, 0.05) is 35.5 Å². The molecule has 24 heavy (non-hydrogen) atoms. The number of carbonyl (C=O) groups excluding carboxylic acids is 2. The van der Waals surface area contributed by atoms with Gasteiger partial charge in [-0.15, -0.1) is 0 Å². The summed E-state index contributed by atoms with van der Waals surface area (Å²) in [5.41, 5.74) is 2.23. The van der Waals surface area contributed by atoms with Crippen LogP contribution in [0.5, 0.6) is 0 Å². The molecule has 0 N–H and O–H groups in total. The largest absolute Gasteiger partial charge is 0.444 e. The first-order chi connectivity index (χ1) is 11.1. The van der Waals surface area contributed by atoms with Crippen LogP contribution in [0, 0.1) is 6.92 Å². The molecule has 1 aromatic carbocycles. The van der Waals surface area contributed by atoms with Crippen LogP contribution in [0.2, 0.25) is 5.02 Å². The van der Waals surface area contributed by atoms with Gasteiger partial charge in [-0.25, -0.2) is 4.79 Å². The Hall–Kier alpha value is -1.55. The predicted molar refractivity (Wildman–Crippen MR) is 93.9 cm³/mol. The lowest BCUT2D eigenvalue weighted by Crippen LogP contribution is -2.46. The van der Waals surface area contributed by atoms with Gasteiger partial charge in [0.2, 0.25) is 0 Å². The third kappa shape index (κ3) is 3.04. The van der Waals surface area contributed by atoms with Gasteiger partial charge in [-0.05, 0) is 57.7 Å². The lowest BCUT2D eigenvalue weighted by molar-refractivity contribution is 0.0166. The Bertz CT molecular complexity index is 697. The van der Waals surface area contributed by atoms with Gasteiger partial charge >= 0.3 is 6.09 Å². The molecule has 1 aliphatic carbocycles. The smallest absolute Gasteiger partial charge is 0.410 e. The molecule has 1 aromatic rings. The van der Waals surface area contributed by atoms with E-state index >= 15 is 0 Å². The van der Waals surface area contributed by atoms with E-state index in [0.717, 1.165) is 29.5 Å². The number of hydrogen-bond acceptors (Lipinski definition) is 3. The van der Waals surface area contributed by atoms with E-state index in [-0.39, 0.29) is 17.3 Å². The van der Waals surface area contributed by atoms with E-state index in [9.17, 15) is 9.59 Å². The highest BCUT2D eigenvalue weighted by Gasteiger charge is 2.46. The molecule has 0 unspecified atom stereocenters. The molecule has 1 spiro atoms. The summed E-state index contributed by atoms with van der Waals surface area (Å²) in [5, 5.41) is 0.644. The van der Waals surface area contributed by atoms with Crippen molar-refractivity contribution in [3.8, 4) is 0 Å². The fraction of sp³-hybridized carbons (Fsp3) is 0.579. The molecular weight excluding hydrogens is 326 g/mol. The van der Waals surface area contributed by atoms with Gasteiger partial charge in [0.25, 0.3) is 0 Å². The first-order valence-corrected chi connectivity index (χ1v) is 8.81. The predicted octanol–water partition coefficient (Wildman–Crippen LogP) is 4.50. The minimum atomic E-state index is -0.490. The summed E-state index contributed by atoms with van der Waals surface area (Å²) in [4.78, 5) is 26.4. The van der Waals surface area contributed by atoms with Crippen molar-refractivity contribution in [3.63, 3.8) is 0 Å². The number of halogens is 1. The fourth-order valence-corrected chi connectivity index (χ4v) is 3.90. The average Bonchev–Trinajstić information content (AvgIpc) is 2.71. The van der Waals surface area contributed by atoms with Crippen LogP contribution in [-0.2, 0) is 10.2 Å². The van der Waals surface area contributed by atoms with Crippen LogP contribution < -0.4 is 0 Å². The van der Waals surface area contributed by atoms with Gasteiger partial charge in [0.15, 0.2) is 5.78 Å². The molecule has 0 saturated carbocycles. The first-order valence-electron chi connectivity index (χ1n) is 8.43. The maximum absolute atomic E-state index is 12.4. The van der Waals surface area contributed by atoms with Crippen molar-refractivity contribution in [2.24, 2.45) is 0 Å². The monoisotopic (exact) mass is 349 g/mol. The SMILES string of the molecule is Cc1cc2c(cc1Cl)C(=O)CC21CCN(C(=O)OC(C)(C)C)CC1. The zero-order valence-corrected chi connectivity index (χ0v) is 15.5. The Morgan fingerprint density at radius 2 is 1.88 bits per heavy atom. The second-order valence-electron chi connectivity index (χ2n) is 7.99. The average molecular weight is 350 g/mol. The van der Waals surface area contributed by atoms with E-state index in [1.54, 1.807) is 4.90 Å². The quantitative estimate of drug-likeness (QED) is 0.692. The normalized spacial score (nSPS) is 19.5. The minimum absolute atomic E-state index is 0.153. The lowest BCUT2D eigenvalue weighted by Gasteiger charge is -2.40. The molecule has 0 aromatic heterocycles. The number of carbonyl (C=O) groups is 2. The van der Waals surface area contributed by atoms with Gasteiger partial charge < -0.3 is 9.64 Å². The molecule has 1 heterocycles. The number of amides is 1. The number of nitrogens with zero attached hydrogens (tertiary/aromatic N) is 1. The number of benzene rings is 1. The Labute approximate surface area is 148 Å². The van der Waals surface area contributed by atoms with Crippen molar-refractivity contribution in [1.29, 1.82) is 0 Å². The Balaban J connectivity index is 1.79. The molecule has 4 nitrogen and oxygen atoms in total. The number of aryl methyl sites for hydroxylation is 1. The molecule has 1 aliphatic heterocycles. The molecule has 1 amide bonds. The van der Waals surface area contributed by atoms with Crippen LogP contribution in [0.1, 0.15) is 61.5 Å². The number of rotatable bonds is 0. The molecule has 0 atom stereocenters. The highest BCUT2D eigenvalue weighted by molar-refractivity contribution is 6.31. The Morgan fingerprint density at radius 1 is 1.25 bits per heavy atom. The molecule has 5 heteroatoms. The Kier molecular flexibility index (Phi) is 4.15. The summed E-state index contributed by atoms with van der Waals surface area (Å²) in [6, 6.07) is 3.87. The van der Waals surface area contributed by atoms with E-state index in [4.69, 9.17) is 16.3 Å². The maximum Gasteiger partial charge on any atom is 0.410 e. The van der Waals surface area contributed by atoms with Crippen molar-refractivity contribution >= 4 is 23.5 Å². The summed E-state index contributed by atoms with van der Waals surface area (Å²) in [6.07, 6.45) is 1.82. The minimum Gasteiger partial charge on any atom is -0.444 e. The maximum atomic E-state index is 12.4. The topological polar surface area (TPSA) is 46.6 Å². The molecule has 130 valence electrons. The van der Waals surface area contributed by atoms with E-state index in [1.807, 2.05) is 33.8 Å². The first kappa shape index (κ1) is 17.3. The second kappa shape index (κ2) is 5.76. The number of ketones is 1. The van der Waals surface area contributed by atoms with Crippen molar-refractivity contribution in [3.05, 3.63) is 33.8 Å². The number of fused-ring (bicyclic) bond motifs is 2. The molecule has 0 radical (unpaired) electrons. The van der Waals surface area contributed by atoms with Crippen LogP contribution >= 0.6 is 11.6 Å². The van der Waals surface area contributed by atoms with Gasteiger partial charge in [0.05, 0.1) is 0 Å². The molecule has 1 fully saturated rings. The van der Waals surface area contributed by atoms with Crippen LogP contribution in [0.15, 0.2) is 12.1 Å². The van der Waals surface area contributed by atoms with Crippen molar-refractivity contribution < 1.29 is 14.3 Å². The molecule has 2 aliphatic rings. The van der Waals surface area contributed by atoms with Gasteiger partial charge in [-0.3, -0.25) is 4.79 Å². The van der Waals surface area contributed by atoms with Gasteiger partial charge in [-0.1, -0.05) is 17.7 Å². The summed E-state index contributed by atoms with van der Waals surface area (Å²) in [6.45, 7) is 8.81. The number of Topliss-reactive ketones (excluding diaryl/α,β-unsaturated/α-hetero) is 1. The lowest BCUT2D eigenvalue weighted by atomic mass is 9.73. The van der Waals surface area contributed by atoms with E-state index in [2.05, 4.69) is 6.07 Å². The van der Waals surface area contributed by atoms with Gasteiger partial charge in [-0.2, -0.15) is 0 Å². The van der Waals surface area contributed by atoms with Crippen molar-refractivity contribution in [1.82, 2.24) is 4.90 Å². The standard InChI is InChI=1S/C19H24ClNO3/c1-12-9-14-13(10-15(12)20)16(22)11-19(14)5-7-21(8-6-19)17(23)24-18(2,3)4/h9-10H,5-8,11H2,1-4H3. The zero-order chi connectivity index (χ0) is 17.7. The Morgan fingerprint density at radius 3 is 2.46 bits per heavy atom. The number of likely N-dealkylation sites (tertiary alicyclic amines) is 1. The molecule has 0 bridgehead atoms. The highest BCUT2D eigenvalue weighted by atomic mass is 35.5. The number of piperidine rings is 1. The molecule has 3 rings (SSSR count). The van der Waals surface area contributed by atoms with E-state index in [0.29, 0.717) is 24.5 Å². The molecular formula is C19H24ClNO3. The van der Waals surface area contributed by atoms with Crippen LogP contribution in [-0.4, -0.2) is 35.5 Å². The van der Waals surface area contributed by atoms with Crippen LogP contribution in [0.4, 0.5) is 4.79 Å².